The quantitative estimate of drug-likeness (QED) is 0.864. The van der Waals surface area contributed by atoms with E-state index in [1.54, 1.807) is 0 Å². The third-order valence-electron chi connectivity index (χ3n) is 3.34. The molecule has 1 aliphatic rings. The van der Waals surface area contributed by atoms with Crippen LogP contribution in [0.5, 0.6) is 0 Å². The molecule has 3 rings (SSSR count). The molecule has 1 N–H and O–H groups in total. The number of nitrogens with zero attached hydrogens (tertiary/aromatic N) is 3. The minimum atomic E-state index is 0.536. The van der Waals surface area contributed by atoms with Crippen molar-refractivity contribution in [3.8, 4) is 11.6 Å². The molecule has 1 aliphatic carbocycles. The van der Waals surface area contributed by atoms with Gasteiger partial charge < -0.3 is 4.52 Å². The summed E-state index contributed by atoms with van der Waals surface area (Å²) in [6.07, 6.45) is 6.36. The van der Waals surface area contributed by atoms with Crippen molar-refractivity contribution in [1.82, 2.24) is 20.3 Å². The van der Waals surface area contributed by atoms with Crippen molar-refractivity contribution in [2.75, 3.05) is 0 Å². The van der Waals surface area contributed by atoms with Gasteiger partial charge in [0.25, 0.3) is 0 Å². The number of hydrogen-bond acceptors (Lipinski definition) is 4. The predicted octanol–water partition coefficient (Wildman–Crippen LogP) is 2.82. The van der Waals surface area contributed by atoms with E-state index in [1.165, 1.54) is 32.1 Å². The van der Waals surface area contributed by atoms with Crippen LogP contribution < -0.4 is 0 Å². The average Bonchev–Trinajstić information content (AvgIpc) is 2.98. The molecule has 0 spiro atoms. The molecule has 0 amide bonds. The van der Waals surface area contributed by atoms with E-state index in [4.69, 9.17) is 4.52 Å². The van der Waals surface area contributed by atoms with Gasteiger partial charge in [-0.05, 0) is 19.8 Å². The minimum absolute atomic E-state index is 0.536. The maximum atomic E-state index is 5.16. The van der Waals surface area contributed by atoms with Crippen LogP contribution >= 0.6 is 0 Å². The van der Waals surface area contributed by atoms with E-state index in [0.29, 0.717) is 17.5 Å². The van der Waals surface area contributed by atoms with Gasteiger partial charge >= 0.3 is 0 Å². The Morgan fingerprint density at radius 1 is 1.29 bits per heavy atom. The summed E-state index contributed by atoms with van der Waals surface area (Å²) in [7, 11) is 0. The molecule has 2 heterocycles. The maximum absolute atomic E-state index is 5.16. The van der Waals surface area contributed by atoms with Crippen molar-refractivity contribution in [1.29, 1.82) is 0 Å². The lowest BCUT2D eigenvalue weighted by molar-refractivity contribution is 0.423. The Morgan fingerprint density at radius 2 is 2.12 bits per heavy atom. The van der Waals surface area contributed by atoms with E-state index < -0.39 is 0 Å². The van der Waals surface area contributed by atoms with Gasteiger partial charge in [0.15, 0.2) is 0 Å². The van der Waals surface area contributed by atoms with Crippen LogP contribution in [0.15, 0.2) is 10.6 Å². The molecule has 0 atom stereocenters. The lowest BCUT2D eigenvalue weighted by atomic mass is 9.89. The summed E-state index contributed by atoms with van der Waals surface area (Å²) < 4.78 is 5.16. The molecule has 1 saturated carbocycles. The van der Waals surface area contributed by atoms with Crippen molar-refractivity contribution >= 4 is 0 Å². The summed E-state index contributed by atoms with van der Waals surface area (Å²) in [6.45, 7) is 1.89. The Hall–Kier alpha value is -1.65. The molecule has 0 saturated heterocycles. The molecule has 0 aromatic carbocycles. The van der Waals surface area contributed by atoms with Crippen molar-refractivity contribution in [3.63, 3.8) is 0 Å². The van der Waals surface area contributed by atoms with Gasteiger partial charge in [0, 0.05) is 12.0 Å². The summed E-state index contributed by atoms with van der Waals surface area (Å²) in [5.41, 5.74) is 0.851. The summed E-state index contributed by atoms with van der Waals surface area (Å²) in [6, 6.07) is 1.85. The Labute approximate surface area is 99.6 Å². The number of aromatic amines is 1. The maximum Gasteiger partial charge on any atom is 0.219 e. The second kappa shape index (κ2) is 4.31. The smallest absolute Gasteiger partial charge is 0.219 e. The predicted molar refractivity (Wildman–Crippen MR) is 62.4 cm³/mol. The Kier molecular flexibility index (Phi) is 2.66. The van der Waals surface area contributed by atoms with Crippen LogP contribution in [0.25, 0.3) is 11.6 Å². The van der Waals surface area contributed by atoms with Gasteiger partial charge in [-0.3, -0.25) is 5.10 Å². The fourth-order valence-electron chi connectivity index (χ4n) is 2.41. The molecule has 0 radical (unpaired) electrons. The molecule has 2 aromatic heterocycles. The van der Waals surface area contributed by atoms with Gasteiger partial charge in [-0.2, -0.15) is 0 Å². The monoisotopic (exact) mass is 232 g/mol. The van der Waals surface area contributed by atoms with E-state index in [9.17, 15) is 0 Å². The Bertz CT molecular complexity index is 496. The highest BCUT2D eigenvalue weighted by atomic mass is 16.5. The number of rotatable bonds is 2. The summed E-state index contributed by atoms with van der Waals surface area (Å²) in [5, 5.41) is 11.1. The van der Waals surface area contributed by atoms with Gasteiger partial charge in [0.2, 0.25) is 11.6 Å². The highest BCUT2D eigenvalue weighted by Gasteiger charge is 2.20. The fraction of sp³-hybridized carbons (Fsp3) is 0.583. The normalized spacial score (nSPS) is 17.5. The molecule has 0 aliphatic heterocycles. The molecular weight excluding hydrogens is 216 g/mol. The van der Waals surface area contributed by atoms with Crippen LogP contribution in [-0.2, 0) is 0 Å². The van der Waals surface area contributed by atoms with Crippen LogP contribution in [0, 0.1) is 6.92 Å². The lowest BCUT2D eigenvalue weighted by Crippen LogP contribution is -2.06. The zero-order valence-electron chi connectivity index (χ0n) is 9.94. The van der Waals surface area contributed by atoms with Crippen molar-refractivity contribution < 1.29 is 4.52 Å². The first-order valence-corrected chi connectivity index (χ1v) is 6.19. The molecule has 5 heteroatoms. The number of aryl methyl sites for hydroxylation is 1. The van der Waals surface area contributed by atoms with E-state index in [2.05, 4.69) is 20.3 Å². The number of H-pyrrole nitrogens is 1. The molecule has 90 valence electrons. The molecule has 1 fully saturated rings. The van der Waals surface area contributed by atoms with E-state index in [-0.39, 0.29) is 0 Å². The van der Waals surface area contributed by atoms with E-state index in [0.717, 1.165) is 11.5 Å². The standard InChI is InChI=1S/C12H16N4O/c1-8-7-10(17-16-8)12-13-11(14-15-12)9-5-3-2-4-6-9/h7,9H,2-6H2,1H3,(H,13,14,15). The second-order valence-electron chi connectivity index (χ2n) is 4.71. The highest BCUT2D eigenvalue weighted by molar-refractivity contribution is 5.45. The Balaban J connectivity index is 1.82. The molecular formula is C12H16N4O. The van der Waals surface area contributed by atoms with Gasteiger partial charge in [-0.15, -0.1) is 5.10 Å². The molecule has 17 heavy (non-hydrogen) atoms. The first-order valence-electron chi connectivity index (χ1n) is 6.19. The van der Waals surface area contributed by atoms with Gasteiger partial charge in [-0.1, -0.05) is 24.4 Å². The lowest BCUT2D eigenvalue weighted by Gasteiger charge is -2.18. The zero-order chi connectivity index (χ0) is 11.7. The Morgan fingerprint density at radius 3 is 2.82 bits per heavy atom. The first-order chi connectivity index (χ1) is 8.33. The third kappa shape index (κ3) is 2.09. The van der Waals surface area contributed by atoms with Crippen LogP contribution in [0.3, 0.4) is 0 Å². The van der Waals surface area contributed by atoms with Crippen molar-refractivity contribution in [3.05, 3.63) is 17.6 Å². The van der Waals surface area contributed by atoms with E-state index >= 15 is 0 Å². The van der Waals surface area contributed by atoms with Gasteiger partial charge in [0.1, 0.15) is 5.82 Å². The van der Waals surface area contributed by atoms with Crippen LogP contribution in [-0.4, -0.2) is 20.3 Å². The van der Waals surface area contributed by atoms with Crippen molar-refractivity contribution in [2.45, 2.75) is 44.9 Å². The van der Waals surface area contributed by atoms with Crippen LogP contribution in [0.2, 0.25) is 0 Å². The molecule has 0 unspecified atom stereocenters. The summed E-state index contributed by atoms with van der Waals surface area (Å²) >= 11 is 0. The van der Waals surface area contributed by atoms with Gasteiger partial charge in [-0.25, -0.2) is 4.98 Å². The van der Waals surface area contributed by atoms with Crippen LogP contribution in [0.1, 0.15) is 49.5 Å². The molecule has 2 aromatic rings. The molecule has 5 nitrogen and oxygen atoms in total. The second-order valence-corrected chi connectivity index (χ2v) is 4.71. The highest BCUT2D eigenvalue weighted by Crippen LogP contribution is 2.31. The molecule has 0 bridgehead atoms. The summed E-state index contributed by atoms with van der Waals surface area (Å²) in [5.74, 6) is 2.79. The zero-order valence-corrected chi connectivity index (χ0v) is 9.94. The summed E-state index contributed by atoms with van der Waals surface area (Å²) in [4.78, 5) is 4.52. The first kappa shape index (κ1) is 10.5. The topological polar surface area (TPSA) is 67.6 Å². The van der Waals surface area contributed by atoms with Crippen molar-refractivity contribution in [2.24, 2.45) is 0 Å². The van der Waals surface area contributed by atoms with E-state index in [1.807, 2.05) is 13.0 Å². The number of hydrogen-bond donors (Lipinski definition) is 1. The number of aromatic nitrogens is 4. The van der Waals surface area contributed by atoms with Crippen LogP contribution in [0.4, 0.5) is 0 Å². The fourth-order valence-corrected chi connectivity index (χ4v) is 2.41. The number of nitrogens with one attached hydrogen (secondary N) is 1. The minimum Gasteiger partial charge on any atom is -0.353 e. The SMILES string of the molecule is Cc1cc(-c2n[nH]c(C3CCCCC3)n2)on1. The average molecular weight is 232 g/mol. The van der Waals surface area contributed by atoms with Gasteiger partial charge in [0.05, 0.1) is 5.69 Å². The third-order valence-corrected chi connectivity index (χ3v) is 3.34. The largest absolute Gasteiger partial charge is 0.353 e.